The molecule has 1 amide bonds. The number of anilines is 1. The quantitative estimate of drug-likeness (QED) is 0.383. The van der Waals surface area contributed by atoms with Crippen molar-refractivity contribution < 1.29 is 23.8 Å². The maximum atomic E-state index is 12.5. The minimum Gasteiger partial charge on any atom is -0.452 e. The van der Waals surface area contributed by atoms with Gasteiger partial charge in [0.15, 0.2) is 6.61 Å². The first kappa shape index (κ1) is 19.7. The molecular weight excluding hydrogens is 378 g/mol. The van der Waals surface area contributed by atoms with Crippen molar-refractivity contribution in [3.63, 3.8) is 0 Å². The second kappa shape index (κ2) is 8.34. The molecule has 0 spiro atoms. The topological polar surface area (TPSA) is 125 Å². The van der Waals surface area contributed by atoms with Gasteiger partial charge < -0.3 is 14.6 Å². The van der Waals surface area contributed by atoms with Crippen LogP contribution >= 0.6 is 0 Å². The molecule has 148 valence electrons. The van der Waals surface area contributed by atoms with Gasteiger partial charge in [0.05, 0.1) is 10.6 Å². The van der Waals surface area contributed by atoms with Crippen molar-refractivity contribution in [3.05, 3.63) is 75.5 Å². The van der Waals surface area contributed by atoms with Crippen molar-refractivity contribution in [3.8, 4) is 11.3 Å². The summed E-state index contributed by atoms with van der Waals surface area (Å²) >= 11 is 0. The Morgan fingerprint density at radius 3 is 2.59 bits per heavy atom. The summed E-state index contributed by atoms with van der Waals surface area (Å²) in [6.45, 7) is 2.69. The summed E-state index contributed by atoms with van der Waals surface area (Å²) < 4.78 is 10.2. The Bertz CT molecular complexity index is 1080. The molecule has 1 N–H and O–H groups in total. The van der Waals surface area contributed by atoms with E-state index >= 15 is 0 Å². The molecule has 3 rings (SSSR count). The Morgan fingerprint density at radius 2 is 1.90 bits per heavy atom. The summed E-state index contributed by atoms with van der Waals surface area (Å²) in [5.41, 5.74) is 1.88. The van der Waals surface area contributed by atoms with E-state index in [9.17, 15) is 19.7 Å². The van der Waals surface area contributed by atoms with E-state index < -0.39 is 23.4 Å². The fourth-order valence-electron chi connectivity index (χ4n) is 2.65. The third-order valence-electron chi connectivity index (χ3n) is 4.15. The molecule has 0 fully saturated rings. The highest BCUT2D eigenvalue weighted by Gasteiger charge is 2.23. The highest BCUT2D eigenvalue weighted by atomic mass is 16.6. The summed E-state index contributed by atoms with van der Waals surface area (Å²) in [5.74, 6) is -1.12. The summed E-state index contributed by atoms with van der Waals surface area (Å²) in [4.78, 5) is 35.0. The van der Waals surface area contributed by atoms with E-state index in [4.69, 9.17) is 9.26 Å². The first-order chi connectivity index (χ1) is 13.9. The number of rotatable bonds is 6. The number of nitrogens with zero attached hydrogens (tertiary/aromatic N) is 2. The number of nitro benzene ring substituents is 1. The Kier molecular flexibility index (Phi) is 5.68. The van der Waals surface area contributed by atoms with E-state index in [1.165, 1.54) is 18.2 Å². The van der Waals surface area contributed by atoms with Crippen LogP contribution in [-0.4, -0.2) is 28.6 Å². The standard InChI is InChI=1S/C20H17N3O6/c1-12-8-9-15(23(26)27)10-16(12)21-17(24)11-28-20(25)18-13(2)29-22-19(18)14-6-4-3-5-7-14/h3-10H,11H2,1-2H3,(H,21,24). The number of hydrogen-bond acceptors (Lipinski definition) is 7. The van der Waals surface area contributed by atoms with Gasteiger partial charge in [-0.2, -0.15) is 0 Å². The van der Waals surface area contributed by atoms with Crippen molar-refractivity contribution in [2.24, 2.45) is 0 Å². The second-order valence-electron chi connectivity index (χ2n) is 6.21. The number of nitro groups is 1. The third-order valence-corrected chi connectivity index (χ3v) is 4.15. The number of carbonyl (C=O) groups excluding carboxylic acids is 2. The van der Waals surface area contributed by atoms with Crippen LogP contribution in [0, 0.1) is 24.0 Å². The molecule has 0 saturated carbocycles. The van der Waals surface area contributed by atoms with E-state index in [2.05, 4.69) is 10.5 Å². The number of aryl methyl sites for hydroxylation is 2. The lowest BCUT2D eigenvalue weighted by atomic mass is 10.1. The van der Waals surface area contributed by atoms with Gasteiger partial charge in [0.1, 0.15) is 17.0 Å². The highest BCUT2D eigenvalue weighted by Crippen LogP contribution is 2.26. The molecule has 0 aliphatic heterocycles. The van der Waals surface area contributed by atoms with Crippen molar-refractivity contribution in [2.75, 3.05) is 11.9 Å². The number of non-ortho nitro benzene ring substituents is 1. The minimum atomic E-state index is -0.756. The smallest absolute Gasteiger partial charge is 0.344 e. The Morgan fingerprint density at radius 1 is 1.17 bits per heavy atom. The van der Waals surface area contributed by atoms with Gasteiger partial charge in [-0.15, -0.1) is 0 Å². The van der Waals surface area contributed by atoms with Gasteiger partial charge in [0, 0.05) is 17.7 Å². The van der Waals surface area contributed by atoms with Crippen LogP contribution in [0.1, 0.15) is 21.7 Å². The van der Waals surface area contributed by atoms with E-state index in [0.717, 1.165) is 0 Å². The number of esters is 1. The van der Waals surface area contributed by atoms with Crippen molar-refractivity contribution in [2.45, 2.75) is 13.8 Å². The number of nitrogens with one attached hydrogen (secondary N) is 1. The van der Waals surface area contributed by atoms with Gasteiger partial charge in [-0.25, -0.2) is 4.79 Å². The summed E-state index contributed by atoms with van der Waals surface area (Å²) in [5, 5.41) is 17.3. The Labute approximate surface area is 165 Å². The van der Waals surface area contributed by atoms with Gasteiger partial charge in [0.2, 0.25) is 0 Å². The fraction of sp³-hybridized carbons (Fsp3) is 0.150. The first-order valence-corrected chi connectivity index (χ1v) is 8.60. The average Bonchev–Trinajstić information content (AvgIpc) is 3.10. The minimum absolute atomic E-state index is 0.135. The third kappa shape index (κ3) is 4.46. The Balaban J connectivity index is 1.69. The van der Waals surface area contributed by atoms with E-state index in [-0.39, 0.29) is 22.7 Å². The lowest BCUT2D eigenvalue weighted by Gasteiger charge is -2.09. The number of hydrogen-bond donors (Lipinski definition) is 1. The van der Waals surface area contributed by atoms with Gasteiger partial charge in [-0.3, -0.25) is 14.9 Å². The predicted octanol–water partition coefficient (Wildman–Crippen LogP) is 3.66. The van der Waals surface area contributed by atoms with Crippen LogP contribution in [0.2, 0.25) is 0 Å². The molecule has 0 aliphatic carbocycles. The lowest BCUT2D eigenvalue weighted by molar-refractivity contribution is -0.384. The SMILES string of the molecule is Cc1ccc([N+](=O)[O-])cc1NC(=O)COC(=O)c1c(-c2ccccc2)noc1C. The second-order valence-corrected chi connectivity index (χ2v) is 6.21. The maximum absolute atomic E-state index is 12.5. The van der Waals surface area contributed by atoms with Crippen LogP contribution < -0.4 is 5.32 Å². The zero-order valence-corrected chi connectivity index (χ0v) is 15.7. The van der Waals surface area contributed by atoms with Gasteiger partial charge >= 0.3 is 5.97 Å². The molecule has 1 aromatic heterocycles. The largest absolute Gasteiger partial charge is 0.452 e. The molecule has 0 saturated heterocycles. The van der Waals surface area contributed by atoms with Crippen LogP contribution in [-0.2, 0) is 9.53 Å². The number of benzene rings is 2. The number of aromatic nitrogens is 1. The zero-order valence-electron chi connectivity index (χ0n) is 15.7. The van der Waals surface area contributed by atoms with E-state index in [1.807, 2.05) is 6.07 Å². The maximum Gasteiger partial charge on any atom is 0.344 e. The van der Waals surface area contributed by atoms with E-state index in [0.29, 0.717) is 16.8 Å². The van der Waals surface area contributed by atoms with Crippen LogP contribution in [0.25, 0.3) is 11.3 Å². The average molecular weight is 395 g/mol. The summed E-state index contributed by atoms with van der Waals surface area (Å²) in [6, 6.07) is 13.1. The molecule has 9 nitrogen and oxygen atoms in total. The lowest BCUT2D eigenvalue weighted by Crippen LogP contribution is -2.21. The number of carbonyl (C=O) groups is 2. The molecule has 0 atom stereocenters. The molecule has 9 heteroatoms. The predicted molar refractivity (Wildman–Crippen MR) is 103 cm³/mol. The summed E-state index contributed by atoms with van der Waals surface area (Å²) in [6.07, 6.45) is 0. The van der Waals surface area contributed by atoms with Crippen LogP contribution in [0.3, 0.4) is 0 Å². The van der Waals surface area contributed by atoms with Crippen molar-refractivity contribution in [1.82, 2.24) is 5.16 Å². The summed E-state index contributed by atoms with van der Waals surface area (Å²) in [7, 11) is 0. The van der Waals surface area contributed by atoms with Crippen LogP contribution in [0.15, 0.2) is 53.1 Å². The molecule has 29 heavy (non-hydrogen) atoms. The molecule has 0 aliphatic rings. The van der Waals surface area contributed by atoms with Crippen LogP contribution in [0.4, 0.5) is 11.4 Å². The Hall–Kier alpha value is -4.01. The first-order valence-electron chi connectivity index (χ1n) is 8.60. The highest BCUT2D eigenvalue weighted by molar-refractivity contribution is 5.99. The van der Waals surface area contributed by atoms with E-state index in [1.54, 1.807) is 38.1 Å². The van der Waals surface area contributed by atoms with Gasteiger partial charge in [-0.05, 0) is 19.4 Å². The molecule has 0 unspecified atom stereocenters. The number of ether oxygens (including phenoxy) is 1. The zero-order chi connectivity index (χ0) is 21.0. The fourth-order valence-corrected chi connectivity index (χ4v) is 2.65. The van der Waals surface area contributed by atoms with Crippen molar-refractivity contribution in [1.29, 1.82) is 0 Å². The monoisotopic (exact) mass is 395 g/mol. The molecule has 2 aromatic carbocycles. The van der Waals surface area contributed by atoms with Gasteiger partial charge in [-0.1, -0.05) is 41.6 Å². The molecule has 1 heterocycles. The van der Waals surface area contributed by atoms with Crippen LogP contribution in [0.5, 0.6) is 0 Å². The molecular formula is C20H17N3O6. The normalized spacial score (nSPS) is 10.4. The number of amides is 1. The molecule has 0 radical (unpaired) electrons. The van der Waals surface area contributed by atoms with Gasteiger partial charge in [0.25, 0.3) is 11.6 Å². The van der Waals surface area contributed by atoms with Crippen molar-refractivity contribution >= 4 is 23.3 Å². The molecule has 3 aromatic rings. The molecule has 0 bridgehead atoms.